The quantitative estimate of drug-likeness (QED) is 0.625. The first-order valence-electron chi connectivity index (χ1n) is 3.94. The molecule has 1 aromatic rings. The molecule has 3 nitrogen and oxygen atoms in total. The van der Waals surface area contributed by atoms with Gasteiger partial charge < -0.3 is 0 Å². The predicted molar refractivity (Wildman–Crippen MR) is 46.2 cm³/mol. The highest BCUT2D eigenvalue weighted by atomic mass is 16.1. The van der Waals surface area contributed by atoms with Crippen molar-refractivity contribution in [2.24, 2.45) is 0 Å². The van der Waals surface area contributed by atoms with Crippen molar-refractivity contribution in [3.63, 3.8) is 0 Å². The SMILES string of the molecule is Cc1ncc(C=O)c(C(C)C)n1. The molecular formula is C9H12N2O. The van der Waals surface area contributed by atoms with Crippen molar-refractivity contribution in [1.29, 1.82) is 0 Å². The van der Waals surface area contributed by atoms with Gasteiger partial charge in [0.2, 0.25) is 0 Å². The number of nitrogens with zero attached hydrogens (tertiary/aromatic N) is 2. The van der Waals surface area contributed by atoms with Crippen LogP contribution < -0.4 is 0 Å². The summed E-state index contributed by atoms with van der Waals surface area (Å²) in [5.41, 5.74) is 1.42. The fraction of sp³-hybridized carbons (Fsp3) is 0.444. The summed E-state index contributed by atoms with van der Waals surface area (Å²) in [6.07, 6.45) is 2.37. The van der Waals surface area contributed by atoms with Crippen LogP contribution in [0, 0.1) is 6.92 Å². The van der Waals surface area contributed by atoms with E-state index in [1.807, 2.05) is 20.8 Å². The Morgan fingerprint density at radius 1 is 1.50 bits per heavy atom. The molecular weight excluding hydrogens is 152 g/mol. The molecule has 1 rings (SSSR count). The van der Waals surface area contributed by atoms with Gasteiger partial charge >= 0.3 is 0 Å². The number of rotatable bonds is 2. The molecule has 0 N–H and O–H groups in total. The van der Waals surface area contributed by atoms with E-state index in [0.717, 1.165) is 12.0 Å². The molecule has 12 heavy (non-hydrogen) atoms. The van der Waals surface area contributed by atoms with Gasteiger partial charge in [0.05, 0.1) is 11.3 Å². The predicted octanol–water partition coefficient (Wildman–Crippen LogP) is 1.72. The Bertz CT molecular complexity index is 295. The van der Waals surface area contributed by atoms with Crippen molar-refractivity contribution in [2.45, 2.75) is 26.7 Å². The molecule has 3 heteroatoms. The zero-order valence-corrected chi connectivity index (χ0v) is 7.53. The maximum atomic E-state index is 10.6. The Balaban J connectivity index is 3.21. The lowest BCUT2D eigenvalue weighted by molar-refractivity contribution is 0.112. The third kappa shape index (κ3) is 1.67. The molecule has 0 aliphatic carbocycles. The monoisotopic (exact) mass is 164 g/mol. The van der Waals surface area contributed by atoms with Gasteiger partial charge in [-0.2, -0.15) is 0 Å². The Hall–Kier alpha value is -1.25. The average molecular weight is 164 g/mol. The van der Waals surface area contributed by atoms with Gasteiger partial charge in [0.15, 0.2) is 6.29 Å². The van der Waals surface area contributed by atoms with Crippen LogP contribution in [-0.2, 0) is 0 Å². The summed E-state index contributed by atoms with van der Waals surface area (Å²) in [5, 5.41) is 0. The molecule has 0 unspecified atom stereocenters. The van der Waals surface area contributed by atoms with Gasteiger partial charge in [-0.15, -0.1) is 0 Å². The van der Waals surface area contributed by atoms with Crippen LogP contribution in [-0.4, -0.2) is 16.3 Å². The number of carbonyl (C=O) groups is 1. The number of hydrogen-bond donors (Lipinski definition) is 0. The van der Waals surface area contributed by atoms with E-state index in [1.165, 1.54) is 0 Å². The van der Waals surface area contributed by atoms with Gasteiger partial charge in [-0.3, -0.25) is 4.79 Å². The van der Waals surface area contributed by atoms with Crippen LogP contribution in [0.25, 0.3) is 0 Å². The molecule has 0 spiro atoms. The van der Waals surface area contributed by atoms with Gasteiger partial charge in [0, 0.05) is 6.20 Å². The summed E-state index contributed by atoms with van der Waals surface area (Å²) >= 11 is 0. The minimum atomic E-state index is 0.270. The summed E-state index contributed by atoms with van der Waals surface area (Å²) in [4.78, 5) is 18.7. The second kappa shape index (κ2) is 3.43. The van der Waals surface area contributed by atoms with E-state index in [2.05, 4.69) is 9.97 Å². The highest BCUT2D eigenvalue weighted by Crippen LogP contribution is 2.14. The van der Waals surface area contributed by atoms with E-state index in [0.29, 0.717) is 11.4 Å². The molecule has 0 bridgehead atoms. The topological polar surface area (TPSA) is 42.9 Å². The fourth-order valence-corrected chi connectivity index (χ4v) is 1.05. The molecule has 0 saturated heterocycles. The Morgan fingerprint density at radius 2 is 2.17 bits per heavy atom. The second-order valence-electron chi connectivity index (χ2n) is 3.03. The largest absolute Gasteiger partial charge is 0.298 e. The number of hydrogen-bond acceptors (Lipinski definition) is 3. The van der Waals surface area contributed by atoms with Crippen LogP contribution in [0.5, 0.6) is 0 Å². The number of aryl methyl sites for hydroxylation is 1. The van der Waals surface area contributed by atoms with Gasteiger partial charge in [-0.05, 0) is 12.8 Å². The molecule has 0 atom stereocenters. The van der Waals surface area contributed by atoms with Crippen LogP contribution in [0.4, 0.5) is 0 Å². The van der Waals surface area contributed by atoms with Crippen molar-refractivity contribution in [3.8, 4) is 0 Å². The third-order valence-corrected chi connectivity index (χ3v) is 1.64. The number of aromatic nitrogens is 2. The molecule has 0 saturated carbocycles. The smallest absolute Gasteiger partial charge is 0.153 e. The van der Waals surface area contributed by atoms with Crippen LogP contribution in [0.15, 0.2) is 6.20 Å². The van der Waals surface area contributed by atoms with Crippen molar-refractivity contribution in [3.05, 3.63) is 23.3 Å². The van der Waals surface area contributed by atoms with E-state index in [4.69, 9.17) is 0 Å². The van der Waals surface area contributed by atoms with Crippen LogP contribution >= 0.6 is 0 Å². The zero-order chi connectivity index (χ0) is 9.14. The molecule has 1 aromatic heterocycles. The minimum Gasteiger partial charge on any atom is -0.298 e. The van der Waals surface area contributed by atoms with Crippen LogP contribution in [0.2, 0.25) is 0 Å². The van der Waals surface area contributed by atoms with E-state index in [1.54, 1.807) is 6.20 Å². The average Bonchev–Trinajstić information content (AvgIpc) is 2.04. The molecule has 1 heterocycles. The maximum Gasteiger partial charge on any atom is 0.153 e. The Morgan fingerprint density at radius 3 is 2.67 bits per heavy atom. The van der Waals surface area contributed by atoms with E-state index >= 15 is 0 Å². The first-order chi connectivity index (χ1) is 5.65. The summed E-state index contributed by atoms with van der Waals surface area (Å²) in [5.74, 6) is 0.983. The van der Waals surface area contributed by atoms with Crippen LogP contribution in [0.1, 0.15) is 41.6 Å². The Kier molecular flexibility index (Phi) is 2.53. The lowest BCUT2D eigenvalue weighted by Crippen LogP contribution is -2.02. The molecule has 0 aliphatic rings. The highest BCUT2D eigenvalue weighted by Gasteiger charge is 2.07. The normalized spacial score (nSPS) is 10.3. The molecule has 0 aromatic carbocycles. The standard InChI is InChI=1S/C9H12N2O/c1-6(2)9-8(5-12)4-10-7(3)11-9/h4-6H,1-3H3. The third-order valence-electron chi connectivity index (χ3n) is 1.64. The summed E-state index contributed by atoms with van der Waals surface area (Å²) in [7, 11) is 0. The number of carbonyl (C=O) groups excluding carboxylic acids is 1. The lowest BCUT2D eigenvalue weighted by atomic mass is 10.1. The summed E-state index contributed by atoms with van der Waals surface area (Å²) in [6.45, 7) is 5.84. The van der Waals surface area contributed by atoms with Gasteiger partial charge in [-0.25, -0.2) is 9.97 Å². The van der Waals surface area contributed by atoms with Crippen molar-refractivity contribution >= 4 is 6.29 Å². The lowest BCUT2D eigenvalue weighted by Gasteiger charge is -2.06. The molecule has 0 fully saturated rings. The van der Waals surface area contributed by atoms with Crippen LogP contribution in [0.3, 0.4) is 0 Å². The molecule has 0 aliphatic heterocycles. The van der Waals surface area contributed by atoms with Crippen molar-refractivity contribution in [2.75, 3.05) is 0 Å². The zero-order valence-electron chi connectivity index (χ0n) is 7.53. The van der Waals surface area contributed by atoms with E-state index in [9.17, 15) is 4.79 Å². The van der Waals surface area contributed by atoms with Crippen molar-refractivity contribution < 1.29 is 4.79 Å². The first-order valence-corrected chi connectivity index (χ1v) is 3.94. The maximum absolute atomic E-state index is 10.6. The first kappa shape index (κ1) is 8.84. The summed E-state index contributed by atoms with van der Waals surface area (Å²) < 4.78 is 0. The number of aldehydes is 1. The fourth-order valence-electron chi connectivity index (χ4n) is 1.05. The Labute approximate surface area is 71.9 Å². The summed E-state index contributed by atoms with van der Waals surface area (Å²) in [6, 6.07) is 0. The molecule has 0 radical (unpaired) electrons. The highest BCUT2D eigenvalue weighted by molar-refractivity contribution is 5.76. The molecule has 0 amide bonds. The van der Waals surface area contributed by atoms with Gasteiger partial charge in [0.25, 0.3) is 0 Å². The van der Waals surface area contributed by atoms with Gasteiger partial charge in [-0.1, -0.05) is 13.8 Å². The van der Waals surface area contributed by atoms with E-state index < -0.39 is 0 Å². The molecule has 64 valence electrons. The van der Waals surface area contributed by atoms with E-state index in [-0.39, 0.29) is 5.92 Å². The van der Waals surface area contributed by atoms with Gasteiger partial charge in [0.1, 0.15) is 5.82 Å². The second-order valence-corrected chi connectivity index (χ2v) is 3.03. The minimum absolute atomic E-state index is 0.270. The van der Waals surface area contributed by atoms with Crippen molar-refractivity contribution in [1.82, 2.24) is 9.97 Å².